The number of nitrogens with two attached hydrogens (primary N) is 1. The molecule has 5 nitrogen and oxygen atoms in total. The van der Waals surface area contributed by atoms with E-state index in [2.05, 4.69) is 9.97 Å². The topological polar surface area (TPSA) is 78.1 Å². The highest BCUT2D eigenvalue weighted by atomic mass is 19.2. The molecule has 0 saturated heterocycles. The minimum atomic E-state index is -1.30. The number of rotatable bonds is 3. The first kappa shape index (κ1) is 12.9. The van der Waals surface area contributed by atoms with E-state index in [0.717, 1.165) is 24.7 Å². The van der Waals surface area contributed by atoms with Gasteiger partial charge in [-0.3, -0.25) is 4.79 Å². The molecule has 1 aromatic carbocycles. The minimum Gasteiger partial charge on any atom is -0.496 e. The SMILES string of the molecule is COc1ccc(F)c(F)c1C(=O)c1cncnc1N. The van der Waals surface area contributed by atoms with Crippen LogP contribution in [0.25, 0.3) is 0 Å². The van der Waals surface area contributed by atoms with Gasteiger partial charge in [-0.1, -0.05) is 0 Å². The molecule has 2 aromatic rings. The summed E-state index contributed by atoms with van der Waals surface area (Å²) in [6.07, 6.45) is 2.28. The molecule has 0 amide bonds. The fourth-order valence-electron chi connectivity index (χ4n) is 1.56. The lowest BCUT2D eigenvalue weighted by Gasteiger charge is -2.09. The number of carbonyl (C=O) groups is 1. The molecule has 2 rings (SSSR count). The second-order valence-corrected chi connectivity index (χ2v) is 3.59. The molecular weight excluding hydrogens is 256 g/mol. The Kier molecular flexibility index (Phi) is 3.37. The quantitative estimate of drug-likeness (QED) is 0.852. The van der Waals surface area contributed by atoms with Gasteiger partial charge in [-0.2, -0.15) is 0 Å². The van der Waals surface area contributed by atoms with Crippen LogP contribution in [0, 0.1) is 11.6 Å². The number of hydrogen-bond acceptors (Lipinski definition) is 5. The van der Waals surface area contributed by atoms with Gasteiger partial charge in [0.05, 0.1) is 12.7 Å². The first-order valence-corrected chi connectivity index (χ1v) is 5.18. The van der Waals surface area contributed by atoms with Crippen LogP contribution in [0.5, 0.6) is 5.75 Å². The van der Waals surface area contributed by atoms with E-state index in [1.54, 1.807) is 0 Å². The first-order valence-electron chi connectivity index (χ1n) is 5.18. The maximum atomic E-state index is 13.8. The Morgan fingerprint density at radius 2 is 2.11 bits per heavy atom. The summed E-state index contributed by atoms with van der Waals surface area (Å²) in [7, 11) is 1.24. The lowest BCUT2D eigenvalue weighted by atomic mass is 10.0. The smallest absolute Gasteiger partial charge is 0.205 e. The standard InChI is InChI=1S/C12H9F2N3O2/c1-19-8-3-2-7(13)10(14)9(8)11(18)6-4-16-5-17-12(6)15/h2-5H,1H3,(H2,15,16,17). The van der Waals surface area contributed by atoms with Gasteiger partial charge < -0.3 is 10.5 Å². The van der Waals surface area contributed by atoms with Crippen molar-refractivity contribution in [3.63, 3.8) is 0 Å². The fraction of sp³-hybridized carbons (Fsp3) is 0.0833. The number of nitrogens with zero attached hydrogens (tertiary/aromatic N) is 2. The van der Waals surface area contributed by atoms with Crippen LogP contribution < -0.4 is 10.5 Å². The molecule has 0 saturated carbocycles. The number of hydrogen-bond donors (Lipinski definition) is 1. The third-order valence-corrected chi connectivity index (χ3v) is 2.49. The predicted molar refractivity (Wildman–Crippen MR) is 62.8 cm³/mol. The number of methoxy groups -OCH3 is 1. The van der Waals surface area contributed by atoms with Crippen molar-refractivity contribution >= 4 is 11.6 Å². The van der Waals surface area contributed by atoms with Gasteiger partial charge in [0.1, 0.15) is 23.5 Å². The number of anilines is 1. The second-order valence-electron chi connectivity index (χ2n) is 3.59. The van der Waals surface area contributed by atoms with E-state index in [1.165, 1.54) is 7.11 Å². The molecule has 2 N–H and O–H groups in total. The van der Waals surface area contributed by atoms with Crippen molar-refractivity contribution < 1.29 is 18.3 Å². The molecule has 0 bridgehead atoms. The summed E-state index contributed by atoms with van der Waals surface area (Å²) in [5.41, 5.74) is 4.85. The van der Waals surface area contributed by atoms with Gasteiger partial charge in [0.25, 0.3) is 0 Å². The van der Waals surface area contributed by atoms with E-state index in [9.17, 15) is 13.6 Å². The summed E-state index contributed by atoms with van der Waals surface area (Å²) in [4.78, 5) is 19.4. The fourth-order valence-corrected chi connectivity index (χ4v) is 1.56. The first-order chi connectivity index (χ1) is 9.06. The average Bonchev–Trinajstić information content (AvgIpc) is 2.41. The van der Waals surface area contributed by atoms with Crippen molar-refractivity contribution in [2.24, 2.45) is 0 Å². The summed E-state index contributed by atoms with van der Waals surface area (Å²) in [6.45, 7) is 0. The molecule has 0 aliphatic carbocycles. The molecule has 0 aliphatic heterocycles. The van der Waals surface area contributed by atoms with Crippen LogP contribution >= 0.6 is 0 Å². The normalized spacial score (nSPS) is 10.3. The van der Waals surface area contributed by atoms with Crippen LogP contribution in [0.4, 0.5) is 14.6 Å². The molecule has 1 heterocycles. The molecule has 1 aromatic heterocycles. The summed E-state index contributed by atoms with van der Waals surface area (Å²) < 4.78 is 31.8. The zero-order valence-corrected chi connectivity index (χ0v) is 9.85. The Labute approximate surface area is 107 Å². The van der Waals surface area contributed by atoms with Gasteiger partial charge in [0.2, 0.25) is 5.78 Å². The number of aromatic nitrogens is 2. The summed E-state index contributed by atoms with van der Waals surface area (Å²) in [5.74, 6) is -3.50. The van der Waals surface area contributed by atoms with E-state index in [0.29, 0.717) is 0 Å². The number of nitrogen functional groups attached to an aromatic ring is 1. The largest absolute Gasteiger partial charge is 0.496 e. The molecule has 19 heavy (non-hydrogen) atoms. The van der Waals surface area contributed by atoms with Crippen molar-refractivity contribution in [2.75, 3.05) is 12.8 Å². The van der Waals surface area contributed by atoms with Crippen molar-refractivity contribution in [3.8, 4) is 5.75 Å². The molecule has 7 heteroatoms. The zero-order valence-electron chi connectivity index (χ0n) is 9.85. The van der Waals surface area contributed by atoms with Gasteiger partial charge in [-0.25, -0.2) is 18.7 Å². The maximum absolute atomic E-state index is 13.8. The van der Waals surface area contributed by atoms with Crippen molar-refractivity contribution in [1.82, 2.24) is 9.97 Å². The number of halogens is 2. The van der Waals surface area contributed by atoms with Gasteiger partial charge >= 0.3 is 0 Å². The lowest BCUT2D eigenvalue weighted by molar-refractivity contribution is 0.103. The second kappa shape index (κ2) is 4.97. The average molecular weight is 265 g/mol. The number of carbonyl (C=O) groups excluding carboxylic acids is 1. The van der Waals surface area contributed by atoms with E-state index in [1.807, 2.05) is 0 Å². The lowest BCUT2D eigenvalue weighted by Crippen LogP contribution is -2.12. The van der Waals surface area contributed by atoms with Gasteiger partial charge in [0, 0.05) is 6.20 Å². The highest BCUT2D eigenvalue weighted by Crippen LogP contribution is 2.27. The Balaban J connectivity index is 2.62. The Bertz CT molecular complexity index is 647. The highest BCUT2D eigenvalue weighted by molar-refractivity contribution is 6.13. The Morgan fingerprint density at radius 3 is 2.74 bits per heavy atom. The molecular formula is C12H9F2N3O2. The van der Waals surface area contributed by atoms with Gasteiger partial charge in [-0.15, -0.1) is 0 Å². The van der Waals surface area contributed by atoms with Crippen LogP contribution in [0.2, 0.25) is 0 Å². The van der Waals surface area contributed by atoms with Crippen LogP contribution in [-0.2, 0) is 0 Å². The molecule has 98 valence electrons. The van der Waals surface area contributed by atoms with E-state index in [4.69, 9.17) is 10.5 Å². The Hall–Kier alpha value is -2.57. The van der Waals surface area contributed by atoms with E-state index in [-0.39, 0.29) is 17.1 Å². The van der Waals surface area contributed by atoms with Crippen LogP contribution in [-0.4, -0.2) is 22.9 Å². The van der Waals surface area contributed by atoms with E-state index < -0.39 is 23.0 Å². The van der Waals surface area contributed by atoms with Crippen molar-refractivity contribution in [2.45, 2.75) is 0 Å². The third-order valence-electron chi connectivity index (χ3n) is 2.49. The number of benzene rings is 1. The molecule has 0 unspecified atom stereocenters. The molecule has 0 atom stereocenters. The molecule has 0 aliphatic rings. The zero-order chi connectivity index (χ0) is 14.0. The maximum Gasteiger partial charge on any atom is 0.205 e. The molecule has 0 spiro atoms. The Morgan fingerprint density at radius 1 is 1.37 bits per heavy atom. The van der Waals surface area contributed by atoms with Crippen molar-refractivity contribution in [3.05, 3.63) is 47.4 Å². The summed E-state index contributed by atoms with van der Waals surface area (Å²) in [5, 5.41) is 0. The van der Waals surface area contributed by atoms with Crippen LogP contribution in [0.1, 0.15) is 15.9 Å². The summed E-state index contributed by atoms with van der Waals surface area (Å²) >= 11 is 0. The van der Waals surface area contributed by atoms with Gasteiger partial charge in [-0.05, 0) is 12.1 Å². The minimum absolute atomic E-state index is 0.0906. The number of ether oxygens (including phenoxy) is 1. The van der Waals surface area contributed by atoms with Crippen LogP contribution in [0.15, 0.2) is 24.7 Å². The van der Waals surface area contributed by atoms with E-state index >= 15 is 0 Å². The molecule has 0 fully saturated rings. The molecule has 0 radical (unpaired) electrons. The highest BCUT2D eigenvalue weighted by Gasteiger charge is 2.24. The number of ketones is 1. The predicted octanol–water partition coefficient (Wildman–Crippen LogP) is 1.58. The third kappa shape index (κ3) is 2.22. The summed E-state index contributed by atoms with van der Waals surface area (Å²) in [6, 6.07) is 2.03. The van der Waals surface area contributed by atoms with Crippen molar-refractivity contribution in [1.29, 1.82) is 0 Å². The van der Waals surface area contributed by atoms with Crippen LogP contribution in [0.3, 0.4) is 0 Å². The van der Waals surface area contributed by atoms with Gasteiger partial charge in [0.15, 0.2) is 11.6 Å². The monoisotopic (exact) mass is 265 g/mol.